The average molecular weight is 396 g/mol. The normalized spacial score (nSPS) is 10.9. The summed E-state index contributed by atoms with van der Waals surface area (Å²) in [4.78, 5) is 20.7. The Bertz CT molecular complexity index is 1160. The molecule has 1 N–H and O–H groups in total. The third kappa shape index (κ3) is 3.87. The van der Waals surface area contributed by atoms with Crippen molar-refractivity contribution in [1.82, 2.24) is 9.97 Å². The molecule has 7 heteroatoms. The van der Waals surface area contributed by atoms with E-state index in [9.17, 15) is 9.18 Å². The van der Waals surface area contributed by atoms with Crippen LogP contribution in [0.15, 0.2) is 65.2 Å². The lowest BCUT2D eigenvalue weighted by molar-refractivity contribution is -0.116. The Kier molecular flexibility index (Phi) is 5.04. The molecule has 4 aromatic rings. The van der Waals surface area contributed by atoms with E-state index in [0.29, 0.717) is 33.6 Å². The number of aromatic nitrogens is 2. The highest BCUT2D eigenvalue weighted by Gasteiger charge is 2.12. The molecule has 0 aliphatic carbocycles. The Morgan fingerprint density at radius 3 is 2.82 bits per heavy atom. The van der Waals surface area contributed by atoms with E-state index in [0.717, 1.165) is 5.39 Å². The van der Waals surface area contributed by atoms with Gasteiger partial charge in [0, 0.05) is 18.2 Å². The molecule has 0 spiro atoms. The first kappa shape index (κ1) is 18.1. The fraction of sp³-hybridized carbons (Fsp3) is 0.0952. The minimum Gasteiger partial charge on any atom is -0.441 e. The number of amides is 1. The Hall–Kier alpha value is -3.25. The summed E-state index contributed by atoms with van der Waals surface area (Å²) in [6, 6.07) is 15.4. The number of carbonyl (C=O) groups excluding carboxylic acids is 1. The van der Waals surface area contributed by atoms with Crippen LogP contribution < -0.4 is 5.32 Å². The number of benzene rings is 2. The monoisotopic (exact) mass is 395 g/mol. The number of pyridine rings is 1. The Morgan fingerprint density at radius 2 is 1.96 bits per heavy atom. The number of nitrogens with zero attached hydrogens (tertiary/aromatic N) is 2. The lowest BCUT2D eigenvalue weighted by Gasteiger charge is -2.06. The van der Waals surface area contributed by atoms with Crippen molar-refractivity contribution in [2.75, 3.05) is 5.32 Å². The number of oxazole rings is 1. The summed E-state index contributed by atoms with van der Waals surface area (Å²) in [6.07, 6.45) is 1.90. The van der Waals surface area contributed by atoms with E-state index < -0.39 is 0 Å². The second-order valence-electron chi connectivity index (χ2n) is 6.15. The van der Waals surface area contributed by atoms with Gasteiger partial charge in [0.1, 0.15) is 11.6 Å². The van der Waals surface area contributed by atoms with E-state index >= 15 is 0 Å². The second-order valence-corrected chi connectivity index (χ2v) is 6.56. The predicted molar refractivity (Wildman–Crippen MR) is 106 cm³/mol. The summed E-state index contributed by atoms with van der Waals surface area (Å²) in [7, 11) is 0. The van der Waals surface area contributed by atoms with Crippen LogP contribution in [0.5, 0.6) is 0 Å². The number of aryl methyl sites for hydroxylation is 1. The number of carbonyl (C=O) groups is 1. The van der Waals surface area contributed by atoms with Crippen LogP contribution in [-0.4, -0.2) is 15.9 Å². The van der Waals surface area contributed by atoms with Crippen LogP contribution in [0.1, 0.15) is 12.3 Å². The van der Waals surface area contributed by atoms with Gasteiger partial charge in [0.25, 0.3) is 0 Å². The molecule has 28 heavy (non-hydrogen) atoms. The van der Waals surface area contributed by atoms with Crippen LogP contribution in [0.3, 0.4) is 0 Å². The van der Waals surface area contributed by atoms with Gasteiger partial charge in [0.05, 0.1) is 22.3 Å². The van der Waals surface area contributed by atoms with E-state index in [1.165, 1.54) is 12.3 Å². The van der Waals surface area contributed by atoms with Gasteiger partial charge < -0.3 is 9.73 Å². The quantitative estimate of drug-likeness (QED) is 0.501. The van der Waals surface area contributed by atoms with Crippen molar-refractivity contribution in [3.05, 3.63) is 77.5 Å². The molecule has 140 valence electrons. The van der Waals surface area contributed by atoms with Crippen molar-refractivity contribution in [2.24, 2.45) is 0 Å². The van der Waals surface area contributed by atoms with Crippen molar-refractivity contribution < 1.29 is 13.6 Å². The van der Waals surface area contributed by atoms with Crippen molar-refractivity contribution >= 4 is 34.2 Å². The first-order valence-electron chi connectivity index (χ1n) is 8.65. The maximum absolute atomic E-state index is 13.8. The van der Waals surface area contributed by atoms with E-state index in [1.807, 2.05) is 18.2 Å². The minimum atomic E-state index is -0.385. The zero-order valence-electron chi connectivity index (χ0n) is 14.7. The molecule has 1 amide bonds. The van der Waals surface area contributed by atoms with Gasteiger partial charge in [0.15, 0.2) is 11.7 Å². The Balaban J connectivity index is 1.40. The molecular formula is C21H15ClFN3O2. The van der Waals surface area contributed by atoms with E-state index in [4.69, 9.17) is 16.0 Å². The fourth-order valence-electron chi connectivity index (χ4n) is 2.82. The molecule has 2 heterocycles. The first-order valence-corrected chi connectivity index (χ1v) is 9.03. The number of para-hydroxylation sites is 1. The van der Waals surface area contributed by atoms with Gasteiger partial charge in [-0.3, -0.25) is 4.79 Å². The summed E-state index contributed by atoms with van der Waals surface area (Å²) in [5, 5.41) is 4.16. The maximum Gasteiger partial charge on any atom is 0.226 e. The minimum absolute atomic E-state index is 0.152. The summed E-state index contributed by atoms with van der Waals surface area (Å²) < 4.78 is 19.4. The number of rotatable bonds is 5. The fourth-order valence-corrected chi connectivity index (χ4v) is 3.04. The zero-order chi connectivity index (χ0) is 19.5. The molecule has 0 aliphatic rings. The Morgan fingerprint density at radius 1 is 1.11 bits per heavy atom. The summed E-state index contributed by atoms with van der Waals surface area (Å²) in [5.74, 6) is 0.501. The van der Waals surface area contributed by atoms with Gasteiger partial charge >= 0.3 is 0 Å². The van der Waals surface area contributed by atoms with Crippen LogP contribution in [-0.2, 0) is 11.2 Å². The molecule has 2 aromatic heterocycles. The topological polar surface area (TPSA) is 68.0 Å². The van der Waals surface area contributed by atoms with Crippen molar-refractivity contribution in [1.29, 1.82) is 0 Å². The van der Waals surface area contributed by atoms with Crippen molar-refractivity contribution in [3.8, 4) is 11.3 Å². The van der Waals surface area contributed by atoms with Gasteiger partial charge in [-0.25, -0.2) is 14.4 Å². The highest BCUT2D eigenvalue weighted by atomic mass is 35.5. The molecule has 0 aliphatic heterocycles. The molecule has 0 radical (unpaired) electrons. The largest absolute Gasteiger partial charge is 0.441 e. The molecular weight excluding hydrogens is 381 g/mol. The molecule has 0 fully saturated rings. The molecule has 0 saturated carbocycles. The van der Waals surface area contributed by atoms with Gasteiger partial charge in [0.2, 0.25) is 5.91 Å². The lowest BCUT2D eigenvalue weighted by Crippen LogP contribution is -2.13. The third-order valence-electron chi connectivity index (χ3n) is 4.20. The smallest absolute Gasteiger partial charge is 0.226 e. The standard InChI is InChI=1S/C21H15ClFN3O2/c22-15-6-3-4-13-8-9-18(26-21(13)15)25-19(27)10-11-20-24-12-17(28-20)14-5-1-2-7-16(14)23/h1-9,12H,10-11H2,(H,25,26,27). The van der Waals surface area contributed by atoms with Gasteiger partial charge in [-0.1, -0.05) is 35.9 Å². The molecule has 0 bridgehead atoms. The summed E-state index contributed by atoms with van der Waals surface area (Å²) in [5.41, 5.74) is 0.965. The van der Waals surface area contributed by atoms with Gasteiger partial charge in [-0.15, -0.1) is 0 Å². The molecule has 0 saturated heterocycles. The molecule has 5 nitrogen and oxygen atoms in total. The number of hydrogen-bond acceptors (Lipinski definition) is 4. The third-order valence-corrected chi connectivity index (χ3v) is 4.50. The summed E-state index contributed by atoms with van der Waals surface area (Å²) >= 11 is 6.15. The van der Waals surface area contributed by atoms with Gasteiger partial charge in [-0.2, -0.15) is 0 Å². The predicted octanol–water partition coefficient (Wildman–Crippen LogP) is 5.25. The average Bonchev–Trinajstić information content (AvgIpc) is 3.16. The van der Waals surface area contributed by atoms with E-state index in [1.54, 1.807) is 30.3 Å². The van der Waals surface area contributed by atoms with Crippen LogP contribution in [0.25, 0.3) is 22.2 Å². The number of halogens is 2. The van der Waals surface area contributed by atoms with Crippen LogP contribution in [0, 0.1) is 5.82 Å². The van der Waals surface area contributed by atoms with E-state index in [2.05, 4.69) is 15.3 Å². The molecule has 2 aromatic carbocycles. The summed E-state index contributed by atoms with van der Waals surface area (Å²) in [6.45, 7) is 0. The number of fused-ring (bicyclic) bond motifs is 1. The second kappa shape index (κ2) is 7.78. The Labute approximate surface area is 165 Å². The van der Waals surface area contributed by atoms with Crippen LogP contribution in [0.4, 0.5) is 10.2 Å². The van der Waals surface area contributed by atoms with Crippen LogP contribution >= 0.6 is 11.6 Å². The SMILES string of the molecule is O=C(CCc1ncc(-c2ccccc2F)o1)Nc1ccc2cccc(Cl)c2n1. The number of anilines is 1. The molecule has 4 rings (SSSR count). The lowest BCUT2D eigenvalue weighted by atomic mass is 10.2. The van der Waals surface area contributed by atoms with Crippen molar-refractivity contribution in [3.63, 3.8) is 0 Å². The number of nitrogens with one attached hydrogen (secondary N) is 1. The van der Waals surface area contributed by atoms with Crippen molar-refractivity contribution in [2.45, 2.75) is 12.8 Å². The highest BCUT2D eigenvalue weighted by molar-refractivity contribution is 6.35. The number of hydrogen-bond donors (Lipinski definition) is 1. The molecule has 0 unspecified atom stereocenters. The van der Waals surface area contributed by atoms with Crippen LogP contribution in [0.2, 0.25) is 5.02 Å². The maximum atomic E-state index is 13.8. The highest BCUT2D eigenvalue weighted by Crippen LogP contribution is 2.24. The van der Waals surface area contributed by atoms with Gasteiger partial charge in [-0.05, 0) is 30.3 Å². The zero-order valence-corrected chi connectivity index (χ0v) is 15.4. The molecule has 0 atom stereocenters. The first-order chi connectivity index (χ1) is 13.6. The van der Waals surface area contributed by atoms with E-state index in [-0.39, 0.29) is 24.6 Å².